The number of aliphatic imine (C=N–C) groups is 1. The summed E-state index contributed by atoms with van der Waals surface area (Å²) in [5.74, 6) is -1.76. The van der Waals surface area contributed by atoms with Crippen LogP contribution in [0.3, 0.4) is 0 Å². The summed E-state index contributed by atoms with van der Waals surface area (Å²) in [4.78, 5) is 18.5. The van der Waals surface area contributed by atoms with Gasteiger partial charge < -0.3 is 30.3 Å². The van der Waals surface area contributed by atoms with Gasteiger partial charge in [-0.25, -0.2) is 4.99 Å². The third kappa shape index (κ3) is 3.63. The van der Waals surface area contributed by atoms with Crippen LogP contribution in [-0.4, -0.2) is 84.4 Å². The van der Waals surface area contributed by atoms with E-state index < -0.39 is 24.0 Å². The number of fused-ring (bicyclic) bond motifs is 1. The number of nitrogens with zero attached hydrogens (tertiary/aromatic N) is 2. The average molecular weight is 376 g/mol. The number of rotatable bonds is 4. The van der Waals surface area contributed by atoms with Crippen molar-refractivity contribution in [2.45, 2.75) is 24.4 Å². The number of carboxylic acids is 1. The molecule has 4 N–H and O–H groups in total. The van der Waals surface area contributed by atoms with Gasteiger partial charge in [0.15, 0.2) is 6.10 Å². The molecule has 0 bridgehead atoms. The lowest BCUT2D eigenvalue weighted by atomic mass is 10.0. The number of aliphatic carboxylic acids is 1. The van der Waals surface area contributed by atoms with Crippen molar-refractivity contribution in [2.24, 2.45) is 4.99 Å². The Balaban J connectivity index is 1.73. The van der Waals surface area contributed by atoms with Crippen molar-refractivity contribution in [1.29, 1.82) is 0 Å². The van der Waals surface area contributed by atoms with Gasteiger partial charge in [0.2, 0.25) is 11.7 Å². The first-order valence-electron chi connectivity index (χ1n) is 9.15. The maximum absolute atomic E-state index is 11.7. The van der Waals surface area contributed by atoms with E-state index in [0.29, 0.717) is 19.0 Å². The van der Waals surface area contributed by atoms with Crippen LogP contribution in [0.15, 0.2) is 29.3 Å². The Hall–Kier alpha value is -2.20. The molecule has 146 valence electrons. The molecule has 9 heteroatoms. The predicted octanol–water partition coefficient (Wildman–Crippen LogP) is -0.331. The highest BCUT2D eigenvalue weighted by Gasteiger charge is 2.44. The molecule has 3 atom stereocenters. The molecule has 1 aromatic carbocycles. The Kier molecular flexibility index (Phi) is 5.00. The SMILES string of the molecule is O=C(O)CC1(N2CCNCC2)N=C(O[C@@H]2COC[C@@H]2O)c2ccccc2N1. The summed E-state index contributed by atoms with van der Waals surface area (Å²) in [7, 11) is 0. The van der Waals surface area contributed by atoms with E-state index in [0.717, 1.165) is 24.3 Å². The molecule has 0 amide bonds. The van der Waals surface area contributed by atoms with Crippen LogP contribution in [0.1, 0.15) is 12.0 Å². The van der Waals surface area contributed by atoms with Crippen LogP contribution < -0.4 is 10.6 Å². The number of ether oxygens (including phenoxy) is 2. The van der Waals surface area contributed by atoms with Crippen LogP contribution >= 0.6 is 0 Å². The van der Waals surface area contributed by atoms with Crippen molar-refractivity contribution in [3.8, 4) is 0 Å². The highest BCUT2D eigenvalue weighted by atomic mass is 16.6. The van der Waals surface area contributed by atoms with Gasteiger partial charge >= 0.3 is 5.97 Å². The van der Waals surface area contributed by atoms with Gasteiger partial charge in [0.1, 0.15) is 12.5 Å². The third-order valence-electron chi connectivity index (χ3n) is 5.08. The molecular formula is C18H24N4O5. The third-order valence-corrected chi connectivity index (χ3v) is 5.08. The maximum Gasteiger partial charge on any atom is 0.309 e. The molecule has 3 aliphatic rings. The van der Waals surface area contributed by atoms with Gasteiger partial charge in [-0.1, -0.05) is 12.1 Å². The fourth-order valence-corrected chi connectivity index (χ4v) is 3.71. The molecule has 2 saturated heterocycles. The van der Waals surface area contributed by atoms with Gasteiger partial charge in [-0.3, -0.25) is 9.69 Å². The molecule has 2 fully saturated rings. The molecule has 1 unspecified atom stereocenters. The number of hydrogen-bond donors (Lipinski definition) is 4. The highest BCUT2D eigenvalue weighted by molar-refractivity contribution is 6.01. The largest absolute Gasteiger partial charge is 0.481 e. The van der Waals surface area contributed by atoms with Gasteiger partial charge in [0, 0.05) is 31.9 Å². The minimum atomic E-state index is -1.14. The second-order valence-corrected chi connectivity index (χ2v) is 6.97. The van der Waals surface area contributed by atoms with Crippen molar-refractivity contribution in [2.75, 3.05) is 44.7 Å². The Labute approximate surface area is 157 Å². The molecule has 27 heavy (non-hydrogen) atoms. The molecule has 0 spiro atoms. The first-order chi connectivity index (χ1) is 13.1. The Morgan fingerprint density at radius 2 is 2.11 bits per heavy atom. The molecule has 3 aliphatic heterocycles. The predicted molar refractivity (Wildman–Crippen MR) is 97.7 cm³/mol. The Morgan fingerprint density at radius 1 is 1.33 bits per heavy atom. The van der Waals surface area contributed by atoms with Crippen molar-refractivity contribution in [1.82, 2.24) is 10.2 Å². The van der Waals surface area contributed by atoms with Crippen LogP contribution in [0.2, 0.25) is 0 Å². The summed E-state index contributed by atoms with van der Waals surface area (Å²) in [6, 6.07) is 7.50. The van der Waals surface area contributed by atoms with Gasteiger partial charge in [-0.05, 0) is 12.1 Å². The van der Waals surface area contributed by atoms with Crippen molar-refractivity contribution < 1.29 is 24.5 Å². The first-order valence-corrected chi connectivity index (χ1v) is 9.15. The molecule has 0 aromatic heterocycles. The first kappa shape index (κ1) is 18.2. The number of aliphatic hydroxyl groups is 1. The number of anilines is 1. The molecular weight excluding hydrogens is 352 g/mol. The lowest BCUT2D eigenvalue weighted by Crippen LogP contribution is -2.61. The zero-order valence-electron chi connectivity index (χ0n) is 14.9. The molecule has 0 radical (unpaired) electrons. The molecule has 9 nitrogen and oxygen atoms in total. The van der Waals surface area contributed by atoms with Crippen LogP contribution in [0, 0.1) is 0 Å². The van der Waals surface area contributed by atoms with E-state index in [4.69, 9.17) is 14.5 Å². The second-order valence-electron chi connectivity index (χ2n) is 6.97. The van der Waals surface area contributed by atoms with E-state index in [1.807, 2.05) is 29.2 Å². The van der Waals surface area contributed by atoms with Crippen molar-refractivity contribution >= 4 is 17.6 Å². The number of nitrogens with one attached hydrogen (secondary N) is 2. The van der Waals surface area contributed by atoms with E-state index >= 15 is 0 Å². The summed E-state index contributed by atoms with van der Waals surface area (Å²) in [6.45, 7) is 3.32. The number of carboxylic acid groups (broad SMARTS) is 1. The van der Waals surface area contributed by atoms with Crippen LogP contribution in [-0.2, 0) is 14.3 Å². The smallest absolute Gasteiger partial charge is 0.309 e. The number of para-hydroxylation sites is 1. The second kappa shape index (κ2) is 7.43. The lowest BCUT2D eigenvalue weighted by Gasteiger charge is -2.45. The maximum atomic E-state index is 11.7. The number of aliphatic hydroxyl groups excluding tert-OH is 1. The standard InChI is InChI=1S/C18H24N4O5/c23-14-10-26-11-15(14)27-17-12-3-1-2-4-13(12)20-18(21-17,9-16(24)25)22-7-5-19-6-8-22/h1-4,14-15,19-20,23H,5-11H2,(H,24,25)/t14-,15+,18?/m0/s1. The fourth-order valence-electron chi connectivity index (χ4n) is 3.71. The molecule has 0 aliphatic carbocycles. The number of benzene rings is 1. The van der Waals surface area contributed by atoms with E-state index in [1.165, 1.54) is 0 Å². The van der Waals surface area contributed by atoms with Crippen LogP contribution in [0.4, 0.5) is 5.69 Å². The number of carbonyl (C=O) groups is 1. The molecule has 3 heterocycles. The quantitative estimate of drug-likeness (QED) is 0.565. The van der Waals surface area contributed by atoms with Gasteiger partial charge in [-0.15, -0.1) is 0 Å². The summed E-state index contributed by atoms with van der Waals surface area (Å²) in [5, 5.41) is 26.2. The van der Waals surface area contributed by atoms with Gasteiger partial charge in [0.05, 0.1) is 18.8 Å². The lowest BCUT2D eigenvalue weighted by molar-refractivity contribution is -0.140. The zero-order valence-corrected chi connectivity index (χ0v) is 14.9. The minimum absolute atomic E-state index is 0.210. The minimum Gasteiger partial charge on any atom is -0.481 e. The van der Waals surface area contributed by atoms with Gasteiger partial charge in [-0.2, -0.15) is 0 Å². The number of piperazine rings is 1. The summed E-state index contributed by atoms with van der Waals surface area (Å²) >= 11 is 0. The molecule has 1 aromatic rings. The van der Waals surface area contributed by atoms with E-state index in [9.17, 15) is 15.0 Å². The normalized spacial score (nSPS) is 30.9. The van der Waals surface area contributed by atoms with Gasteiger partial charge in [0.25, 0.3) is 0 Å². The van der Waals surface area contributed by atoms with Crippen molar-refractivity contribution in [3.63, 3.8) is 0 Å². The summed E-state index contributed by atoms with van der Waals surface area (Å²) < 4.78 is 11.3. The Bertz CT molecular complexity index is 736. The fraction of sp³-hybridized carbons (Fsp3) is 0.556. The van der Waals surface area contributed by atoms with Crippen LogP contribution in [0.25, 0.3) is 0 Å². The number of hydrogen-bond acceptors (Lipinski definition) is 8. The van der Waals surface area contributed by atoms with E-state index in [1.54, 1.807) is 0 Å². The summed E-state index contributed by atoms with van der Waals surface area (Å²) in [5.41, 5.74) is 1.50. The molecule has 4 rings (SSSR count). The van der Waals surface area contributed by atoms with Crippen molar-refractivity contribution in [3.05, 3.63) is 29.8 Å². The van der Waals surface area contributed by atoms with Crippen LogP contribution in [0.5, 0.6) is 0 Å². The average Bonchev–Trinajstić information content (AvgIpc) is 3.06. The Morgan fingerprint density at radius 3 is 2.81 bits per heavy atom. The summed E-state index contributed by atoms with van der Waals surface area (Å²) in [6.07, 6.45) is -1.47. The monoisotopic (exact) mass is 376 g/mol. The molecule has 0 saturated carbocycles. The topological polar surface area (TPSA) is 116 Å². The van der Waals surface area contributed by atoms with E-state index in [2.05, 4.69) is 10.6 Å². The highest BCUT2D eigenvalue weighted by Crippen LogP contribution is 2.34. The zero-order chi connectivity index (χ0) is 18.9. The van der Waals surface area contributed by atoms with E-state index in [-0.39, 0.29) is 19.6 Å².